The molecular formula is C19H21N3O3. The lowest BCUT2D eigenvalue weighted by Gasteiger charge is -2.14. The van der Waals surface area contributed by atoms with Gasteiger partial charge in [-0.3, -0.25) is 0 Å². The minimum atomic E-state index is -0.357. The third-order valence-electron chi connectivity index (χ3n) is 3.94. The monoisotopic (exact) mass is 339 g/mol. The molecule has 0 fully saturated rings. The van der Waals surface area contributed by atoms with Gasteiger partial charge in [-0.2, -0.15) is 0 Å². The number of oxazole rings is 1. The van der Waals surface area contributed by atoms with Crippen molar-refractivity contribution in [3.63, 3.8) is 0 Å². The Morgan fingerprint density at radius 2 is 2.04 bits per heavy atom. The maximum atomic E-state index is 11.9. The fourth-order valence-corrected chi connectivity index (χ4v) is 2.53. The fraction of sp³-hybridized carbons (Fsp3) is 0.263. The quantitative estimate of drug-likeness (QED) is 0.643. The van der Waals surface area contributed by atoms with Crippen LogP contribution in [-0.4, -0.2) is 28.8 Å². The molecule has 0 radical (unpaired) electrons. The van der Waals surface area contributed by atoms with E-state index in [0.717, 1.165) is 11.1 Å². The van der Waals surface area contributed by atoms with Gasteiger partial charge in [-0.1, -0.05) is 37.3 Å². The number of rotatable bonds is 6. The van der Waals surface area contributed by atoms with Crippen LogP contribution in [0, 0.1) is 0 Å². The SMILES string of the molecule is CCC(CO)NC(=O)Nc1ccc2nc(Cc3ccccc3)oc2c1. The Morgan fingerprint density at radius 1 is 1.24 bits per heavy atom. The lowest BCUT2D eigenvalue weighted by molar-refractivity contribution is 0.222. The molecule has 3 aromatic rings. The summed E-state index contributed by atoms with van der Waals surface area (Å²) in [7, 11) is 0. The standard InChI is InChI=1S/C19H21N3O3/c1-2-14(12-23)20-19(24)21-15-8-9-16-17(11-15)25-18(22-16)10-13-6-4-3-5-7-13/h3-9,11,14,23H,2,10,12H2,1H3,(H2,20,21,24). The zero-order valence-corrected chi connectivity index (χ0v) is 14.0. The highest BCUT2D eigenvalue weighted by Crippen LogP contribution is 2.21. The van der Waals surface area contributed by atoms with E-state index in [0.29, 0.717) is 30.0 Å². The predicted molar refractivity (Wildman–Crippen MR) is 96.6 cm³/mol. The first-order valence-corrected chi connectivity index (χ1v) is 8.29. The highest BCUT2D eigenvalue weighted by Gasteiger charge is 2.11. The van der Waals surface area contributed by atoms with Gasteiger partial charge >= 0.3 is 6.03 Å². The molecule has 1 aromatic heterocycles. The maximum Gasteiger partial charge on any atom is 0.319 e. The number of carbonyl (C=O) groups is 1. The average molecular weight is 339 g/mol. The van der Waals surface area contributed by atoms with Crippen molar-refractivity contribution in [1.82, 2.24) is 10.3 Å². The first-order valence-electron chi connectivity index (χ1n) is 8.29. The van der Waals surface area contributed by atoms with E-state index in [9.17, 15) is 4.79 Å². The molecule has 25 heavy (non-hydrogen) atoms. The topological polar surface area (TPSA) is 87.4 Å². The van der Waals surface area contributed by atoms with Crippen LogP contribution in [0.25, 0.3) is 11.1 Å². The molecule has 3 N–H and O–H groups in total. The zero-order valence-electron chi connectivity index (χ0n) is 14.0. The Balaban J connectivity index is 1.71. The van der Waals surface area contributed by atoms with Gasteiger partial charge < -0.3 is 20.2 Å². The number of fused-ring (bicyclic) bond motifs is 1. The number of urea groups is 1. The van der Waals surface area contributed by atoms with Gasteiger partial charge in [-0.15, -0.1) is 0 Å². The molecule has 130 valence electrons. The minimum absolute atomic E-state index is 0.0894. The van der Waals surface area contributed by atoms with Crippen LogP contribution >= 0.6 is 0 Å². The maximum absolute atomic E-state index is 11.9. The van der Waals surface area contributed by atoms with Gasteiger partial charge in [0.05, 0.1) is 12.6 Å². The number of nitrogens with zero attached hydrogens (tertiary/aromatic N) is 1. The number of aromatic nitrogens is 1. The van der Waals surface area contributed by atoms with Crippen molar-refractivity contribution in [2.75, 3.05) is 11.9 Å². The summed E-state index contributed by atoms with van der Waals surface area (Å²) in [5.74, 6) is 0.633. The molecule has 0 bridgehead atoms. The second kappa shape index (κ2) is 7.81. The molecule has 0 aliphatic carbocycles. The Morgan fingerprint density at radius 3 is 2.76 bits per heavy atom. The van der Waals surface area contributed by atoms with Crippen molar-refractivity contribution >= 4 is 22.8 Å². The van der Waals surface area contributed by atoms with Gasteiger partial charge in [0.1, 0.15) is 5.52 Å². The van der Waals surface area contributed by atoms with Crippen molar-refractivity contribution in [2.45, 2.75) is 25.8 Å². The molecule has 0 saturated carbocycles. The summed E-state index contributed by atoms with van der Waals surface area (Å²) >= 11 is 0. The van der Waals surface area contributed by atoms with Crippen LogP contribution in [0.15, 0.2) is 52.9 Å². The minimum Gasteiger partial charge on any atom is -0.440 e. The molecule has 6 heteroatoms. The molecule has 3 rings (SSSR count). The molecule has 0 aliphatic rings. The summed E-state index contributed by atoms with van der Waals surface area (Å²) < 4.78 is 5.79. The molecule has 0 aliphatic heterocycles. The summed E-state index contributed by atoms with van der Waals surface area (Å²) in [5.41, 5.74) is 3.11. The fourth-order valence-electron chi connectivity index (χ4n) is 2.53. The summed E-state index contributed by atoms with van der Waals surface area (Å²) in [4.78, 5) is 16.4. The van der Waals surface area contributed by atoms with E-state index < -0.39 is 0 Å². The van der Waals surface area contributed by atoms with Gasteiger partial charge in [0, 0.05) is 18.2 Å². The van der Waals surface area contributed by atoms with Gasteiger partial charge in [0.2, 0.25) is 0 Å². The van der Waals surface area contributed by atoms with Gasteiger partial charge in [-0.25, -0.2) is 9.78 Å². The van der Waals surface area contributed by atoms with E-state index in [1.54, 1.807) is 12.1 Å². The van der Waals surface area contributed by atoms with E-state index in [2.05, 4.69) is 15.6 Å². The summed E-state index contributed by atoms with van der Waals surface area (Å²) in [6.07, 6.45) is 1.28. The van der Waals surface area contributed by atoms with Gasteiger partial charge in [0.25, 0.3) is 0 Å². The second-order valence-electron chi connectivity index (χ2n) is 5.84. The number of benzene rings is 2. The van der Waals surface area contributed by atoms with E-state index in [4.69, 9.17) is 9.52 Å². The first-order chi connectivity index (χ1) is 12.2. The van der Waals surface area contributed by atoms with Crippen molar-refractivity contribution in [2.24, 2.45) is 0 Å². The van der Waals surface area contributed by atoms with Crippen LogP contribution in [0.4, 0.5) is 10.5 Å². The number of aliphatic hydroxyl groups excluding tert-OH is 1. The number of hydrogen-bond donors (Lipinski definition) is 3. The highest BCUT2D eigenvalue weighted by molar-refractivity contribution is 5.91. The van der Waals surface area contributed by atoms with Gasteiger partial charge in [0.15, 0.2) is 11.5 Å². The van der Waals surface area contributed by atoms with Crippen molar-refractivity contribution in [3.8, 4) is 0 Å². The van der Waals surface area contributed by atoms with Crippen LogP contribution in [0.5, 0.6) is 0 Å². The van der Waals surface area contributed by atoms with Crippen molar-refractivity contribution in [3.05, 3.63) is 60.0 Å². The molecule has 1 atom stereocenters. The molecule has 2 aromatic carbocycles. The van der Waals surface area contributed by atoms with Crippen molar-refractivity contribution < 1.29 is 14.3 Å². The number of nitrogens with one attached hydrogen (secondary N) is 2. The Labute approximate surface area is 145 Å². The molecule has 6 nitrogen and oxygen atoms in total. The Hall–Kier alpha value is -2.86. The molecule has 1 heterocycles. The lowest BCUT2D eigenvalue weighted by Crippen LogP contribution is -2.39. The van der Waals surface area contributed by atoms with E-state index in [1.165, 1.54) is 0 Å². The molecule has 0 spiro atoms. The Bertz CT molecular complexity index is 842. The number of anilines is 1. The number of carbonyl (C=O) groups excluding carboxylic acids is 1. The average Bonchev–Trinajstić information content (AvgIpc) is 3.02. The molecule has 1 unspecified atom stereocenters. The summed E-state index contributed by atoms with van der Waals surface area (Å²) in [6.45, 7) is 1.81. The van der Waals surface area contributed by atoms with Crippen LogP contribution < -0.4 is 10.6 Å². The highest BCUT2D eigenvalue weighted by atomic mass is 16.3. The van der Waals surface area contributed by atoms with Crippen LogP contribution in [0.1, 0.15) is 24.8 Å². The van der Waals surface area contributed by atoms with Gasteiger partial charge in [-0.05, 0) is 24.1 Å². The Kier molecular flexibility index (Phi) is 5.30. The zero-order chi connectivity index (χ0) is 17.6. The van der Waals surface area contributed by atoms with Crippen LogP contribution in [-0.2, 0) is 6.42 Å². The molecule has 2 amide bonds. The smallest absolute Gasteiger partial charge is 0.319 e. The third kappa shape index (κ3) is 4.36. The summed E-state index contributed by atoms with van der Waals surface area (Å²) in [6, 6.07) is 14.7. The predicted octanol–water partition coefficient (Wildman–Crippen LogP) is 3.31. The number of hydrogen-bond acceptors (Lipinski definition) is 4. The number of aliphatic hydroxyl groups is 1. The lowest BCUT2D eigenvalue weighted by atomic mass is 10.1. The van der Waals surface area contributed by atoms with E-state index in [-0.39, 0.29) is 18.7 Å². The normalized spacial score (nSPS) is 12.1. The van der Waals surface area contributed by atoms with Crippen LogP contribution in [0.2, 0.25) is 0 Å². The van der Waals surface area contributed by atoms with E-state index in [1.807, 2.05) is 43.3 Å². The van der Waals surface area contributed by atoms with Crippen molar-refractivity contribution in [1.29, 1.82) is 0 Å². The first kappa shape index (κ1) is 17.0. The number of amides is 2. The second-order valence-corrected chi connectivity index (χ2v) is 5.84. The van der Waals surface area contributed by atoms with E-state index >= 15 is 0 Å². The summed E-state index contributed by atoms with van der Waals surface area (Å²) in [5, 5.41) is 14.6. The van der Waals surface area contributed by atoms with Crippen LogP contribution in [0.3, 0.4) is 0 Å². The molecular weight excluding hydrogens is 318 g/mol. The third-order valence-corrected chi connectivity index (χ3v) is 3.94. The largest absolute Gasteiger partial charge is 0.440 e. The molecule has 0 saturated heterocycles.